The molecule has 0 aliphatic carbocycles. The lowest BCUT2D eigenvalue weighted by molar-refractivity contribution is -0.134. The molecular formula is C21H29N3OS. The summed E-state index contributed by atoms with van der Waals surface area (Å²) in [7, 11) is 2.19. The number of hydrogen-bond acceptors (Lipinski definition) is 3. The largest absolute Gasteiger partial charge is 0.361 e. The molecule has 3 heterocycles. The molecule has 2 aliphatic heterocycles. The zero-order valence-electron chi connectivity index (χ0n) is 15.8. The number of piperidine rings is 1. The van der Waals surface area contributed by atoms with E-state index < -0.39 is 0 Å². The minimum absolute atomic E-state index is 0.0461. The average Bonchev–Trinajstić information content (AvgIpc) is 3.24. The van der Waals surface area contributed by atoms with Gasteiger partial charge in [-0.15, -0.1) is 11.8 Å². The van der Waals surface area contributed by atoms with Crippen LogP contribution in [0, 0.1) is 0 Å². The molecule has 1 atom stereocenters. The summed E-state index contributed by atoms with van der Waals surface area (Å²) in [6.07, 6.45) is 6.84. The summed E-state index contributed by atoms with van der Waals surface area (Å²) in [6, 6.07) is 8.35. The second-order valence-electron chi connectivity index (χ2n) is 7.76. The molecule has 140 valence electrons. The predicted octanol–water partition coefficient (Wildman–Crippen LogP) is 3.88. The molecule has 1 unspecified atom stereocenters. The maximum atomic E-state index is 13.2. The first-order valence-corrected chi connectivity index (χ1v) is 10.7. The molecule has 5 heteroatoms. The minimum atomic E-state index is 0.0461. The third-order valence-electron chi connectivity index (χ3n) is 6.07. The van der Waals surface area contributed by atoms with Crippen molar-refractivity contribution in [2.45, 2.75) is 49.1 Å². The van der Waals surface area contributed by atoms with Crippen LogP contribution in [0.1, 0.15) is 38.2 Å². The quantitative estimate of drug-likeness (QED) is 0.887. The van der Waals surface area contributed by atoms with Crippen molar-refractivity contribution in [3.8, 4) is 0 Å². The summed E-state index contributed by atoms with van der Waals surface area (Å²) < 4.78 is 0. The normalized spacial score (nSPS) is 23.2. The smallest absolute Gasteiger partial charge is 0.224 e. The first-order valence-electron chi connectivity index (χ1n) is 9.83. The van der Waals surface area contributed by atoms with Crippen LogP contribution in [0.4, 0.5) is 0 Å². The van der Waals surface area contributed by atoms with Crippen molar-refractivity contribution in [3.05, 3.63) is 36.0 Å². The second kappa shape index (κ2) is 7.28. The molecule has 2 saturated heterocycles. The first-order chi connectivity index (χ1) is 12.6. The van der Waals surface area contributed by atoms with Crippen molar-refractivity contribution in [3.63, 3.8) is 0 Å². The average molecular weight is 372 g/mol. The standard InChI is InChI=1S/C21H29N3OS/c1-3-17-15-24(21(26-17)10-12-23(2)13-11-21)20(25)9-8-16-14-22-19-7-5-4-6-18(16)19/h4-7,14,17,22H,3,8-13,15H2,1-2H3. The molecule has 2 fully saturated rings. The van der Waals surface area contributed by atoms with Crippen LogP contribution in [0.3, 0.4) is 0 Å². The molecule has 26 heavy (non-hydrogen) atoms. The molecule has 2 aliphatic rings. The number of para-hydroxylation sites is 1. The highest BCUT2D eigenvalue weighted by molar-refractivity contribution is 8.01. The highest BCUT2D eigenvalue weighted by atomic mass is 32.2. The van der Waals surface area contributed by atoms with Gasteiger partial charge in [-0.2, -0.15) is 0 Å². The number of fused-ring (bicyclic) bond motifs is 1. The number of carbonyl (C=O) groups excluding carboxylic acids is 1. The molecule has 0 radical (unpaired) electrons. The number of amides is 1. The Balaban J connectivity index is 1.47. The maximum Gasteiger partial charge on any atom is 0.224 e. The molecule has 1 spiro atoms. The number of nitrogens with zero attached hydrogens (tertiary/aromatic N) is 2. The van der Waals surface area contributed by atoms with Gasteiger partial charge >= 0.3 is 0 Å². The molecule has 1 aromatic carbocycles. The first kappa shape index (κ1) is 17.9. The van der Waals surface area contributed by atoms with E-state index in [0.717, 1.165) is 50.8 Å². The van der Waals surface area contributed by atoms with Gasteiger partial charge < -0.3 is 14.8 Å². The Morgan fingerprint density at radius 1 is 1.31 bits per heavy atom. The Bertz CT molecular complexity index is 778. The molecule has 4 rings (SSSR count). The summed E-state index contributed by atoms with van der Waals surface area (Å²) in [6.45, 7) is 5.36. The van der Waals surface area contributed by atoms with Crippen LogP contribution in [0.2, 0.25) is 0 Å². The van der Waals surface area contributed by atoms with Crippen molar-refractivity contribution in [1.29, 1.82) is 0 Å². The van der Waals surface area contributed by atoms with Gasteiger partial charge in [0, 0.05) is 48.4 Å². The fourth-order valence-corrected chi connectivity index (χ4v) is 6.13. The molecule has 1 aromatic heterocycles. The van der Waals surface area contributed by atoms with Gasteiger partial charge in [0.15, 0.2) is 0 Å². The summed E-state index contributed by atoms with van der Waals surface area (Å²) in [5.74, 6) is 0.336. The van der Waals surface area contributed by atoms with E-state index >= 15 is 0 Å². The lowest BCUT2D eigenvalue weighted by Crippen LogP contribution is -2.52. The second-order valence-corrected chi connectivity index (χ2v) is 9.42. The zero-order valence-corrected chi connectivity index (χ0v) is 16.6. The van der Waals surface area contributed by atoms with Crippen molar-refractivity contribution in [2.75, 3.05) is 26.7 Å². The minimum Gasteiger partial charge on any atom is -0.361 e. The summed E-state index contributed by atoms with van der Waals surface area (Å²) in [5, 5.41) is 1.84. The third-order valence-corrected chi connectivity index (χ3v) is 7.96. The van der Waals surface area contributed by atoms with Crippen LogP contribution in [-0.4, -0.2) is 57.5 Å². The van der Waals surface area contributed by atoms with Gasteiger partial charge in [-0.25, -0.2) is 0 Å². The third kappa shape index (κ3) is 3.27. The Kier molecular flexibility index (Phi) is 5.02. The van der Waals surface area contributed by atoms with E-state index in [1.165, 1.54) is 10.9 Å². The van der Waals surface area contributed by atoms with Gasteiger partial charge in [0.1, 0.15) is 0 Å². The number of H-pyrrole nitrogens is 1. The fraction of sp³-hybridized carbons (Fsp3) is 0.571. The summed E-state index contributed by atoms with van der Waals surface area (Å²) >= 11 is 2.07. The summed E-state index contributed by atoms with van der Waals surface area (Å²) in [5.41, 5.74) is 2.41. The van der Waals surface area contributed by atoms with Gasteiger partial charge in [-0.1, -0.05) is 25.1 Å². The monoisotopic (exact) mass is 371 g/mol. The van der Waals surface area contributed by atoms with E-state index in [1.54, 1.807) is 0 Å². The van der Waals surface area contributed by atoms with Crippen molar-refractivity contribution in [2.24, 2.45) is 0 Å². The molecule has 1 amide bonds. The number of hydrogen-bond donors (Lipinski definition) is 1. The number of carbonyl (C=O) groups is 1. The number of nitrogens with one attached hydrogen (secondary N) is 1. The number of aryl methyl sites for hydroxylation is 1. The van der Waals surface area contributed by atoms with Crippen molar-refractivity contribution < 1.29 is 4.79 Å². The van der Waals surface area contributed by atoms with Gasteiger partial charge in [0.25, 0.3) is 0 Å². The van der Waals surface area contributed by atoms with Gasteiger partial charge in [0.2, 0.25) is 5.91 Å². The number of likely N-dealkylation sites (tertiary alicyclic amines) is 1. The number of aromatic amines is 1. The molecule has 2 aromatic rings. The Hall–Kier alpha value is -1.46. The molecule has 1 N–H and O–H groups in total. The lowest BCUT2D eigenvalue weighted by Gasteiger charge is -2.43. The van der Waals surface area contributed by atoms with Crippen LogP contribution in [0.5, 0.6) is 0 Å². The highest BCUT2D eigenvalue weighted by Gasteiger charge is 2.48. The van der Waals surface area contributed by atoms with Gasteiger partial charge in [-0.05, 0) is 44.4 Å². The fourth-order valence-electron chi connectivity index (χ4n) is 4.39. The Morgan fingerprint density at radius 3 is 2.85 bits per heavy atom. The van der Waals surface area contributed by atoms with E-state index in [0.29, 0.717) is 17.6 Å². The van der Waals surface area contributed by atoms with Crippen LogP contribution in [0.25, 0.3) is 10.9 Å². The van der Waals surface area contributed by atoms with Crippen LogP contribution >= 0.6 is 11.8 Å². The highest BCUT2D eigenvalue weighted by Crippen LogP contribution is 2.48. The number of thioether (sulfide) groups is 1. The van der Waals surface area contributed by atoms with E-state index in [1.807, 2.05) is 6.07 Å². The van der Waals surface area contributed by atoms with Gasteiger partial charge in [-0.3, -0.25) is 4.79 Å². The lowest BCUT2D eigenvalue weighted by atomic mass is 10.0. The number of benzene rings is 1. The topological polar surface area (TPSA) is 39.3 Å². The van der Waals surface area contributed by atoms with E-state index in [-0.39, 0.29) is 4.87 Å². The number of aromatic nitrogens is 1. The van der Waals surface area contributed by atoms with E-state index in [9.17, 15) is 4.79 Å². The van der Waals surface area contributed by atoms with Crippen molar-refractivity contribution in [1.82, 2.24) is 14.8 Å². The molecule has 4 nitrogen and oxygen atoms in total. The van der Waals surface area contributed by atoms with E-state index in [4.69, 9.17) is 0 Å². The molecule has 0 bridgehead atoms. The predicted molar refractivity (Wildman–Crippen MR) is 109 cm³/mol. The Morgan fingerprint density at radius 2 is 2.08 bits per heavy atom. The van der Waals surface area contributed by atoms with Crippen LogP contribution in [-0.2, 0) is 11.2 Å². The van der Waals surface area contributed by atoms with Crippen molar-refractivity contribution >= 4 is 28.6 Å². The molecule has 0 saturated carbocycles. The van der Waals surface area contributed by atoms with Crippen LogP contribution in [0.15, 0.2) is 30.5 Å². The van der Waals surface area contributed by atoms with Gasteiger partial charge in [0.05, 0.1) is 4.87 Å². The van der Waals surface area contributed by atoms with E-state index in [2.05, 4.69) is 64.9 Å². The molecular weight excluding hydrogens is 342 g/mol. The van der Waals surface area contributed by atoms with Crippen LogP contribution < -0.4 is 0 Å². The zero-order chi connectivity index (χ0) is 18.1. The SMILES string of the molecule is CCC1CN(C(=O)CCc2c[nH]c3ccccc23)C2(CCN(C)CC2)S1. The summed E-state index contributed by atoms with van der Waals surface area (Å²) in [4.78, 5) is 21.2. The Labute approximate surface area is 160 Å². The number of rotatable bonds is 4. The maximum absolute atomic E-state index is 13.2.